The number of para-hydroxylation sites is 1. The van der Waals surface area contributed by atoms with Gasteiger partial charge in [0.05, 0.1) is 0 Å². The molecule has 22 heavy (non-hydrogen) atoms. The van der Waals surface area contributed by atoms with E-state index >= 15 is 0 Å². The summed E-state index contributed by atoms with van der Waals surface area (Å²) < 4.78 is 5.22. The van der Waals surface area contributed by atoms with E-state index in [4.69, 9.17) is 4.52 Å². The lowest BCUT2D eigenvalue weighted by atomic mass is 10.1. The quantitative estimate of drug-likeness (QED) is 0.798. The first-order chi connectivity index (χ1) is 10.8. The van der Waals surface area contributed by atoms with Gasteiger partial charge >= 0.3 is 0 Å². The van der Waals surface area contributed by atoms with Crippen molar-refractivity contribution in [2.24, 2.45) is 0 Å². The van der Waals surface area contributed by atoms with Crippen LogP contribution in [0.3, 0.4) is 0 Å². The number of nitrogens with zero attached hydrogens (tertiary/aromatic N) is 2. The van der Waals surface area contributed by atoms with Gasteiger partial charge in [-0.3, -0.25) is 9.78 Å². The largest absolute Gasteiger partial charge is 0.355 e. The predicted molar refractivity (Wildman–Crippen MR) is 83.5 cm³/mol. The smallest absolute Gasteiger partial charge is 0.277 e. The van der Waals surface area contributed by atoms with Gasteiger partial charge in [-0.15, -0.1) is 0 Å². The molecule has 3 aromatic rings. The Bertz CT molecular complexity index is 781. The molecule has 0 saturated heterocycles. The van der Waals surface area contributed by atoms with E-state index in [1.807, 2.05) is 37.3 Å². The number of rotatable bonds is 4. The van der Waals surface area contributed by atoms with Crippen LogP contribution in [0.4, 0.5) is 5.69 Å². The maximum absolute atomic E-state index is 12.3. The number of benzene rings is 1. The molecule has 0 aliphatic carbocycles. The van der Waals surface area contributed by atoms with Gasteiger partial charge in [0, 0.05) is 29.7 Å². The minimum atomic E-state index is -0.292. The molecule has 1 aromatic carbocycles. The maximum atomic E-state index is 12.3. The van der Waals surface area contributed by atoms with Crippen LogP contribution in [0.2, 0.25) is 0 Å². The van der Waals surface area contributed by atoms with Crippen molar-refractivity contribution in [2.45, 2.75) is 13.3 Å². The third kappa shape index (κ3) is 2.88. The minimum Gasteiger partial charge on any atom is -0.355 e. The molecule has 2 aromatic heterocycles. The summed E-state index contributed by atoms with van der Waals surface area (Å²) in [5.41, 5.74) is 2.89. The Kier molecular flexibility index (Phi) is 3.96. The third-order valence-corrected chi connectivity index (χ3v) is 3.34. The summed E-state index contributed by atoms with van der Waals surface area (Å²) in [6, 6.07) is 13.0. The van der Waals surface area contributed by atoms with E-state index in [2.05, 4.69) is 15.5 Å². The molecule has 5 nitrogen and oxygen atoms in total. The molecule has 0 saturated carbocycles. The topological polar surface area (TPSA) is 68.0 Å². The van der Waals surface area contributed by atoms with Crippen LogP contribution in [0.25, 0.3) is 11.3 Å². The molecule has 110 valence electrons. The zero-order chi connectivity index (χ0) is 15.4. The second kappa shape index (κ2) is 6.22. The summed E-state index contributed by atoms with van der Waals surface area (Å²) in [6.45, 7) is 2.04. The fraction of sp³-hybridized carbons (Fsp3) is 0.118. The van der Waals surface area contributed by atoms with Crippen LogP contribution in [-0.4, -0.2) is 16.0 Å². The molecule has 1 N–H and O–H groups in total. The Morgan fingerprint density at radius 1 is 1.23 bits per heavy atom. The standard InChI is InChI=1S/C17H15N3O2/c1-2-12-6-3-4-8-14(12)19-17(21)15-10-16(22-20-15)13-7-5-9-18-11-13/h3-11H,2H2,1H3,(H,19,21). The summed E-state index contributed by atoms with van der Waals surface area (Å²) in [5.74, 6) is 0.224. The molecule has 0 unspecified atom stereocenters. The van der Waals surface area contributed by atoms with Gasteiger partial charge in [0.15, 0.2) is 11.5 Å². The number of hydrogen-bond donors (Lipinski definition) is 1. The first-order valence-corrected chi connectivity index (χ1v) is 7.04. The van der Waals surface area contributed by atoms with E-state index in [1.54, 1.807) is 24.5 Å². The van der Waals surface area contributed by atoms with Crippen molar-refractivity contribution in [3.05, 3.63) is 66.1 Å². The Morgan fingerprint density at radius 3 is 2.86 bits per heavy atom. The second-order valence-corrected chi connectivity index (χ2v) is 4.78. The normalized spacial score (nSPS) is 10.4. The fourth-order valence-electron chi connectivity index (χ4n) is 2.16. The van der Waals surface area contributed by atoms with Gasteiger partial charge in [0.25, 0.3) is 5.91 Å². The lowest BCUT2D eigenvalue weighted by Gasteiger charge is -2.07. The molecule has 0 atom stereocenters. The number of amides is 1. The van der Waals surface area contributed by atoms with Crippen LogP contribution in [-0.2, 0) is 6.42 Å². The molecule has 3 rings (SSSR count). The minimum absolute atomic E-state index is 0.241. The van der Waals surface area contributed by atoms with Crippen LogP contribution in [0.1, 0.15) is 23.0 Å². The van der Waals surface area contributed by atoms with Gasteiger partial charge in [-0.25, -0.2) is 0 Å². The Hall–Kier alpha value is -2.95. The number of hydrogen-bond acceptors (Lipinski definition) is 4. The average Bonchev–Trinajstić information content (AvgIpc) is 3.06. The maximum Gasteiger partial charge on any atom is 0.277 e. The fourth-order valence-corrected chi connectivity index (χ4v) is 2.16. The highest BCUT2D eigenvalue weighted by Gasteiger charge is 2.14. The molecule has 0 spiro atoms. The van der Waals surface area contributed by atoms with Gasteiger partial charge in [-0.05, 0) is 30.2 Å². The van der Waals surface area contributed by atoms with Crippen LogP contribution < -0.4 is 5.32 Å². The van der Waals surface area contributed by atoms with Crippen LogP contribution in [0.15, 0.2) is 59.4 Å². The van der Waals surface area contributed by atoms with Crippen molar-refractivity contribution in [3.63, 3.8) is 0 Å². The number of anilines is 1. The Morgan fingerprint density at radius 2 is 2.09 bits per heavy atom. The Labute approximate surface area is 128 Å². The van der Waals surface area contributed by atoms with Crippen molar-refractivity contribution >= 4 is 11.6 Å². The van der Waals surface area contributed by atoms with E-state index < -0.39 is 0 Å². The van der Waals surface area contributed by atoms with Crippen LogP contribution >= 0.6 is 0 Å². The molecule has 0 bridgehead atoms. The zero-order valence-corrected chi connectivity index (χ0v) is 12.1. The highest BCUT2D eigenvalue weighted by molar-refractivity contribution is 6.03. The number of carbonyl (C=O) groups excluding carboxylic acids is 1. The number of nitrogens with one attached hydrogen (secondary N) is 1. The van der Waals surface area contributed by atoms with Crippen molar-refractivity contribution in [2.75, 3.05) is 5.32 Å². The lowest BCUT2D eigenvalue weighted by Crippen LogP contribution is -2.13. The van der Waals surface area contributed by atoms with Gasteiger partial charge in [-0.1, -0.05) is 30.3 Å². The predicted octanol–water partition coefficient (Wildman–Crippen LogP) is 3.55. The van der Waals surface area contributed by atoms with E-state index in [-0.39, 0.29) is 11.6 Å². The number of pyridine rings is 1. The highest BCUT2D eigenvalue weighted by Crippen LogP contribution is 2.20. The first-order valence-electron chi connectivity index (χ1n) is 7.04. The van der Waals surface area contributed by atoms with Crippen molar-refractivity contribution in [1.82, 2.24) is 10.1 Å². The number of carbonyl (C=O) groups is 1. The molecule has 0 radical (unpaired) electrons. The molecular weight excluding hydrogens is 278 g/mol. The van der Waals surface area contributed by atoms with E-state index in [1.165, 1.54) is 0 Å². The molecule has 2 heterocycles. The zero-order valence-electron chi connectivity index (χ0n) is 12.1. The number of aromatic nitrogens is 2. The SMILES string of the molecule is CCc1ccccc1NC(=O)c1cc(-c2cccnc2)on1. The van der Waals surface area contributed by atoms with Gasteiger partial charge in [0.2, 0.25) is 0 Å². The van der Waals surface area contributed by atoms with Crippen LogP contribution in [0.5, 0.6) is 0 Å². The summed E-state index contributed by atoms with van der Waals surface area (Å²) in [4.78, 5) is 16.3. The molecule has 5 heteroatoms. The number of aryl methyl sites for hydroxylation is 1. The highest BCUT2D eigenvalue weighted by atomic mass is 16.5. The lowest BCUT2D eigenvalue weighted by molar-refractivity contribution is 0.101. The molecular formula is C17H15N3O2. The van der Waals surface area contributed by atoms with E-state index in [9.17, 15) is 4.79 Å². The van der Waals surface area contributed by atoms with Crippen molar-refractivity contribution in [3.8, 4) is 11.3 Å². The molecule has 1 amide bonds. The molecule has 0 aliphatic heterocycles. The third-order valence-electron chi connectivity index (χ3n) is 3.34. The van der Waals surface area contributed by atoms with Gasteiger partial charge in [0.1, 0.15) is 0 Å². The monoisotopic (exact) mass is 293 g/mol. The van der Waals surface area contributed by atoms with Gasteiger partial charge in [-0.2, -0.15) is 0 Å². The van der Waals surface area contributed by atoms with Crippen LogP contribution in [0, 0.1) is 0 Å². The summed E-state index contributed by atoms with van der Waals surface area (Å²) in [5, 5.41) is 6.69. The Balaban J connectivity index is 1.80. The second-order valence-electron chi connectivity index (χ2n) is 4.78. The van der Waals surface area contributed by atoms with E-state index in [0.717, 1.165) is 23.2 Å². The molecule has 0 aliphatic rings. The summed E-state index contributed by atoms with van der Waals surface area (Å²) >= 11 is 0. The first kappa shape index (κ1) is 14.0. The summed E-state index contributed by atoms with van der Waals surface area (Å²) in [7, 11) is 0. The van der Waals surface area contributed by atoms with Crippen molar-refractivity contribution in [1.29, 1.82) is 0 Å². The summed E-state index contributed by atoms with van der Waals surface area (Å²) in [6.07, 6.45) is 4.18. The van der Waals surface area contributed by atoms with Crippen molar-refractivity contribution < 1.29 is 9.32 Å². The molecule has 0 fully saturated rings. The average molecular weight is 293 g/mol. The van der Waals surface area contributed by atoms with Gasteiger partial charge < -0.3 is 9.84 Å². The van der Waals surface area contributed by atoms with E-state index in [0.29, 0.717) is 5.76 Å².